The first-order valence-electron chi connectivity index (χ1n) is 8.53. The summed E-state index contributed by atoms with van der Waals surface area (Å²) < 4.78 is 72.2. The molecule has 1 N–H and O–H groups in total. The highest BCUT2D eigenvalue weighted by atomic mass is 32.2. The molecule has 3 atom stereocenters. The second-order valence-corrected chi connectivity index (χ2v) is 8.89. The van der Waals surface area contributed by atoms with E-state index < -0.39 is 49.7 Å². The van der Waals surface area contributed by atoms with Crippen LogP contribution in [0.2, 0.25) is 0 Å². The maximum atomic E-state index is 13.7. The number of carboxylic acids is 1. The normalized spacial score (nSPS) is 22.6. The second kappa shape index (κ2) is 7.71. The minimum atomic E-state index is -4.93. The monoisotopic (exact) mass is 430 g/mol. The van der Waals surface area contributed by atoms with Gasteiger partial charge in [-0.3, -0.25) is 4.79 Å². The number of hydrogen-bond donors (Lipinski definition) is 1. The molecule has 0 unspecified atom stereocenters. The highest BCUT2D eigenvalue weighted by Crippen LogP contribution is 2.41. The molecule has 156 valence electrons. The van der Waals surface area contributed by atoms with Gasteiger partial charge in [-0.2, -0.15) is 23.4 Å². The Hall–Kier alpha value is -2.53. The van der Waals surface area contributed by atoms with Crippen LogP contribution in [0.15, 0.2) is 41.6 Å². The first kappa shape index (κ1) is 21.2. The third-order valence-electron chi connectivity index (χ3n) is 5.03. The third kappa shape index (κ3) is 4.10. The van der Waals surface area contributed by atoms with Gasteiger partial charge in [0.15, 0.2) is 9.84 Å². The van der Waals surface area contributed by atoms with Gasteiger partial charge in [0.1, 0.15) is 0 Å². The average molecular weight is 430 g/mol. The van der Waals surface area contributed by atoms with E-state index in [1.807, 2.05) is 0 Å². The van der Waals surface area contributed by atoms with Gasteiger partial charge in [0.05, 0.1) is 40.1 Å². The predicted octanol–water partition coefficient (Wildman–Crippen LogP) is 2.81. The Kier molecular flexibility index (Phi) is 5.63. The van der Waals surface area contributed by atoms with Gasteiger partial charge in [0.25, 0.3) is 0 Å². The van der Waals surface area contributed by atoms with E-state index >= 15 is 0 Å². The fourth-order valence-electron chi connectivity index (χ4n) is 3.55. The van der Waals surface area contributed by atoms with Crippen molar-refractivity contribution in [1.82, 2.24) is 10.2 Å². The Morgan fingerprint density at radius 2 is 1.90 bits per heavy atom. The van der Waals surface area contributed by atoms with Crippen molar-refractivity contribution in [3.05, 3.63) is 42.2 Å². The van der Waals surface area contributed by atoms with Gasteiger partial charge in [0.2, 0.25) is 0 Å². The van der Waals surface area contributed by atoms with Crippen molar-refractivity contribution in [2.45, 2.75) is 35.3 Å². The number of aromatic nitrogens is 2. The molecule has 1 aromatic carbocycles. The highest BCUT2D eigenvalue weighted by molar-refractivity contribution is 7.92. The summed E-state index contributed by atoms with van der Waals surface area (Å²) in [5.74, 6) is -2.34. The molecular formula is C18H17F3N2O5S. The van der Waals surface area contributed by atoms with E-state index in [4.69, 9.17) is 4.74 Å². The van der Waals surface area contributed by atoms with Crippen LogP contribution >= 0.6 is 0 Å². The van der Waals surface area contributed by atoms with Crippen molar-refractivity contribution in [2.75, 3.05) is 7.11 Å². The van der Waals surface area contributed by atoms with Crippen LogP contribution in [0, 0.1) is 5.92 Å². The molecule has 3 rings (SSSR count). The zero-order valence-corrected chi connectivity index (χ0v) is 15.9. The number of carboxylic acid groups (broad SMARTS) is 1. The summed E-state index contributed by atoms with van der Waals surface area (Å²) >= 11 is 0. The number of halogens is 3. The van der Waals surface area contributed by atoms with Gasteiger partial charge >= 0.3 is 12.1 Å². The number of carbonyl (C=O) groups is 1. The molecule has 1 aromatic heterocycles. The smallest absolute Gasteiger partial charge is 0.417 e. The largest absolute Gasteiger partial charge is 0.481 e. The van der Waals surface area contributed by atoms with Gasteiger partial charge in [-0.05, 0) is 36.6 Å². The SMILES string of the molecule is CO[C@@H]1C[C@H](S(=O)(=O)c2ccc(-c3ccnnc3)cc2C(F)(F)F)C[C@H]1C(=O)O. The van der Waals surface area contributed by atoms with Crippen molar-refractivity contribution >= 4 is 15.8 Å². The number of rotatable bonds is 5. The molecule has 7 nitrogen and oxygen atoms in total. The van der Waals surface area contributed by atoms with Gasteiger partial charge in [-0.1, -0.05) is 6.07 Å². The summed E-state index contributed by atoms with van der Waals surface area (Å²) in [5, 5.41) is 15.1. The number of sulfone groups is 1. The molecule has 29 heavy (non-hydrogen) atoms. The van der Waals surface area contributed by atoms with Crippen molar-refractivity contribution in [2.24, 2.45) is 5.92 Å². The maximum absolute atomic E-state index is 13.7. The summed E-state index contributed by atoms with van der Waals surface area (Å²) in [6.07, 6.45) is -3.75. The molecule has 1 aliphatic rings. The summed E-state index contributed by atoms with van der Waals surface area (Å²) in [7, 11) is -3.21. The summed E-state index contributed by atoms with van der Waals surface area (Å²) in [5.41, 5.74) is -0.823. The first-order valence-corrected chi connectivity index (χ1v) is 10.1. The lowest BCUT2D eigenvalue weighted by atomic mass is 10.0. The predicted molar refractivity (Wildman–Crippen MR) is 94.6 cm³/mol. The van der Waals surface area contributed by atoms with Gasteiger partial charge in [0, 0.05) is 12.7 Å². The number of aliphatic carboxylic acids is 1. The van der Waals surface area contributed by atoms with Gasteiger partial charge in [-0.25, -0.2) is 8.42 Å². The van der Waals surface area contributed by atoms with E-state index in [0.717, 1.165) is 12.1 Å². The second-order valence-electron chi connectivity index (χ2n) is 6.70. The molecule has 0 spiro atoms. The Bertz CT molecular complexity index is 1010. The molecule has 1 heterocycles. The number of alkyl halides is 3. The molecule has 0 saturated heterocycles. The van der Waals surface area contributed by atoms with Crippen LogP contribution < -0.4 is 0 Å². The Balaban J connectivity index is 2.06. The number of nitrogens with zero attached hydrogens (tertiary/aromatic N) is 2. The Morgan fingerprint density at radius 3 is 2.41 bits per heavy atom. The van der Waals surface area contributed by atoms with Crippen LogP contribution in [0.1, 0.15) is 18.4 Å². The van der Waals surface area contributed by atoms with Crippen molar-refractivity contribution in [3.63, 3.8) is 0 Å². The van der Waals surface area contributed by atoms with Crippen LogP contribution in [-0.4, -0.2) is 48.2 Å². The lowest BCUT2D eigenvalue weighted by Gasteiger charge is -2.18. The molecule has 0 amide bonds. The topological polar surface area (TPSA) is 106 Å². The van der Waals surface area contributed by atoms with Crippen molar-refractivity contribution in [3.8, 4) is 11.1 Å². The zero-order valence-electron chi connectivity index (χ0n) is 15.1. The minimum absolute atomic E-state index is 0.135. The van der Waals surface area contributed by atoms with E-state index in [1.165, 1.54) is 31.6 Å². The van der Waals surface area contributed by atoms with E-state index in [0.29, 0.717) is 5.56 Å². The number of hydrogen-bond acceptors (Lipinski definition) is 6. The van der Waals surface area contributed by atoms with Crippen LogP contribution in [-0.2, 0) is 25.5 Å². The van der Waals surface area contributed by atoms with Crippen LogP contribution in [0.3, 0.4) is 0 Å². The molecule has 0 aliphatic heterocycles. The number of benzene rings is 1. The molecule has 1 aliphatic carbocycles. The summed E-state index contributed by atoms with van der Waals surface area (Å²) in [6, 6.07) is 4.37. The van der Waals surface area contributed by atoms with Crippen LogP contribution in [0.25, 0.3) is 11.1 Å². The van der Waals surface area contributed by atoms with Gasteiger partial charge < -0.3 is 9.84 Å². The molecule has 11 heteroatoms. The van der Waals surface area contributed by atoms with E-state index in [-0.39, 0.29) is 18.4 Å². The van der Waals surface area contributed by atoms with Crippen molar-refractivity contribution < 1.29 is 36.2 Å². The van der Waals surface area contributed by atoms with E-state index in [9.17, 15) is 31.5 Å². The van der Waals surface area contributed by atoms with Crippen LogP contribution in [0.4, 0.5) is 13.2 Å². The molecule has 0 bridgehead atoms. The fraction of sp³-hybridized carbons (Fsp3) is 0.389. The van der Waals surface area contributed by atoms with Crippen LogP contribution in [0.5, 0.6) is 0 Å². The molecule has 1 fully saturated rings. The minimum Gasteiger partial charge on any atom is -0.481 e. The summed E-state index contributed by atoms with van der Waals surface area (Å²) in [6.45, 7) is 0. The molecular weight excluding hydrogens is 413 g/mol. The fourth-order valence-corrected chi connectivity index (χ4v) is 5.55. The Morgan fingerprint density at radius 1 is 1.17 bits per heavy atom. The Labute approximate surface area is 164 Å². The lowest BCUT2D eigenvalue weighted by Crippen LogP contribution is -2.24. The zero-order chi connectivity index (χ0) is 21.4. The molecule has 1 saturated carbocycles. The average Bonchev–Trinajstić information content (AvgIpc) is 3.13. The first-order chi connectivity index (χ1) is 13.6. The quantitative estimate of drug-likeness (QED) is 0.777. The summed E-state index contributed by atoms with van der Waals surface area (Å²) in [4.78, 5) is 10.5. The van der Waals surface area contributed by atoms with E-state index in [2.05, 4.69) is 10.2 Å². The number of ether oxygens (including phenoxy) is 1. The standard InChI is InChI=1S/C18H17F3N2O5S/c1-28-15-8-12(7-13(15)17(24)25)29(26,27)16-3-2-10(6-14(16)18(19,20)21)11-4-5-22-23-9-11/h2-6,9,12-13,15H,7-8H2,1H3,(H,24,25)/t12-,13-,15-/m1/s1. The molecule has 0 radical (unpaired) electrons. The molecule has 2 aromatic rings. The third-order valence-corrected chi connectivity index (χ3v) is 7.26. The van der Waals surface area contributed by atoms with Gasteiger partial charge in [-0.15, -0.1) is 0 Å². The van der Waals surface area contributed by atoms with E-state index in [1.54, 1.807) is 0 Å². The van der Waals surface area contributed by atoms with Crippen molar-refractivity contribution in [1.29, 1.82) is 0 Å². The maximum Gasteiger partial charge on any atom is 0.417 e. The lowest BCUT2D eigenvalue weighted by molar-refractivity contribution is -0.145. The number of methoxy groups -OCH3 is 1. The highest BCUT2D eigenvalue weighted by Gasteiger charge is 2.47.